The molecule has 0 unspecified atom stereocenters. The number of furan rings is 2. The fourth-order valence-electron chi connectivity index (χ4n) is 2.75. The quantitative estimate of drug-likeness (QED) is 0.421. The molecular weight excluding hydrogens is 421 g/mol. The smallest absolute Gasteiger partial charge is 0.291 e. The Bertz CT molecular complexity index is 1400. The van der Waals surface area contributed by atoms with E-state index in [0.29, 0.717) is 42.6 Å². The van der Waals surface area contributed by atoms with E-state index < -0.39 is 0 Å². The number of fused-ring (bicyclic) bond motifs is 1. The average molecular weight is 430 g/mol. The van der Waals surface area contributed by atoms with E-state index in [0.717, 1.165) is 5.56 Å². The van der Waals surface area contributed by atoms with Crippen molar-refractivity contribution < 1.29 is 8.83 Å². The van der Waals surface area contributed by atoms with Gasteiger partial charge in [-0.1, -0.05) is 34.5 Å². The van der Waals surface area contributed by atoms with Gasteiger partial charge in [0.1, 0.15) is 16.1 Å². The zero-order valence-corrected chi connectivity index (χ0v) is 16.3. The third kappa shape index (κ3) is 3.03. The van der Waals surface area contributed by atoms with Crippen LogP contribution in [0.5, 0.6) is 0 Å². The van der Waals surface area contributed by atoms with Crippen molar-refractivity contribution in [2.75, 3.05) is 0 Å². The summed E-state index contributed by atoms with van der Waals surface area (Å²) in [7, 11) is 0. The van der Waals surface area contributed by atoms with Crippen molar-refractivity contribution in [2.45, 2.75) is 0 Å². The Labute approximate surface area is 171 Å². The van der Waals surface area contributed by atoms with E-state index in [1.807, 2.05) is 0 Å². The van der Waals surface area contributed by atoms with Gasteiger partial charge in [-0.2, -0.15) is 9.50 Å². The Morgan fingerprint density at radius 2 is 1.89 bits per heavy atom. The molecule has 0 saturated carbocycles. The fraction of sp³-hybridized carbons (Fsp3) is 0. The summed E-state index contributed by atoms with van der Waals surface area (Å²) >= 11 is 13.3. The number of nitrogens with zero attached hydrogens (tertiary/aromatic N) is 3. The van der Waals surface area contributed by atoms with Crippen LogP contribution in [0.1, 0.15) is 5.76 Å². The van der Waals surface area contributed by atoms with Crippen molar-refractivity contribution in [2.24, 2.45) is 0 Å². The number of rotatable bonds is 3. The highest BCUT2D eigenvalue weighted by Crippen LogP contribution is 2.28. The van der Waals surface area contributed by atoms with Crippen molar-refractivity contribution in [3.8, 4) is 22.9 Å². The van der Waals surface area contributed by atoms with Crippen LogP contribution in [0, 0.1) is 0 Å². The lowest BCUT2D eigenvalue weighted by Crippen LogP contribution is -2.23. The monoisotopic (exact) mass is 429 g/mol. The molecule has 5 aromatic rings. The van der Waals surface area contributed by atoms with Gasteiger partial charge in [-0.05, 0) is 42.5 Å². The average Bonchev–Trinajstić information content (AvgIpc) is 3.42. The van der Waals surface area contributed by atoms with Gasteiger partial charge >= 0.3 is 0 Å². The minimum atomic E-state index is -0.269. The van der Waals surface area contributed by atoms with Gasteiger partial charge in [0.2, 0.25) is 10.8 Å². The molecule has 1 aromatic carbocycles. The van der Waals surface area contributed by atoms with Gasteiger partial charge in [0, 0.05) is 21.7 Å². The Hall–Kier alpha value is -2.87. The van der Waals surface area contributed by atoms with E-state index in [1.165, 1.54) is 22.1 Å². The van der Waals surface area contributed by atoms with Gasteiger partial charge in [-0.15, -0.1) is 5.10 Å². The lowest BCUT2D eigenvalue weighted by atomic mass is 10.2. The molecular formula is C19H9Cl2N3O3S. The molecule has 0 N–H and O–H groups in total. The molecule has 0 aliphatic rings. The molecule has 0 amide bonds. The molecule has 0 aliphatic heterocycles. The molecule has 0 fully saturated rings. The highest BCUT2D eigenvalue weighted by Gasteiger charge is 2.14. The number of benzene rings is 1. The molecule has 4 heterocycles. The highest BCUT2D eigenvalue weighted by molar-refractivity contribution is 7.15. The van der Waals surface area contributed by atoms with Crippen LogP contribution < -0.4 is 10.1 Å². The lowest BCUT2D eigenvalue weighted by Gasteiger charge is -1.99. The van der Waals surface area contributed by atoms with Crippen LogP contribution in [0.15, 0.2) is 62.4 Å². The van der Waals surface area contributed by atoms with E-state index >= 15 is 0 Å². The molecule has 5 rings (SSSR count). The predicted octanol–water partition coefficient (Wildman–Crippen LogP) is 4.53. The van der Waals surface area contributed by atoms with Crippen LogP contribution in [0.2, 0.25) is 10.0 Å². The van der Waals surface area contributed by atoms with Gasteiger partial charge in [0.15, 0.2) is 5.76 Å². The minimum Gasteiger partial charge on any atom is -0.461 e. The number of thiazole rings is 1. The summed E-state index contributed by atoms with van der Waals surface area (Å²) in [4.78, 5) is 17.4. The maximum absolute atomic E-state index is 12.6. The van der Waals surface area contributed by atoms with Crippen molar-refractivity contribution in [1.82, 2.24) is 14.6 Å². The summed E-state index contributed by atoms with van der Waals surface area (Å²) in [6, 6.07) is 12.2. The summed E-state index contributed by atoms with van der Waals surface area (Å²) in [5.41, 5.74) is 0.485. The lowest BCUT2D eigenvalue weighted by molar-refractivity contribution is 0.571. The molecule has 0 spiro atoms. The second-order valence-corrected chi connectivity index (χ2v) is 7.77. The van der Waals surface area contributed by atoms with Crippen LogP contribution >= 0.6 is 34.5 Å². The molecule has 6 nitrogen and oxygen atoms in total. The summed E-state index contributed by atoms with van der Waals surface area (Å²) < 4.78 is 12.8. The zero-order chi connectivity index (χ0) is 19.3. The van der Waals surface area contributed by atoms with Crippen LogP contribution in [-0.4, -0.2) is 14.6 Å². The van der Waals surface area contributed by atoms with Crippen molar-refractivity contribution in [3.63, 3.8) is 0 Å². The topological polar surface area (TPSA) is 73.5 Å². The predicted molar refractivity (Wildman–Crippen MR) is 108 cm³/mol. The summed E-state index contributed by atoms with van der Waals surface area (Å²) in [6.45, 7) is 0. The standard InChI is InChI=1S/C19H9Cl2N3O3S/c20-11-6-10(7-12(21)8-11)14-4-3-13(27-14)9-16-18(25)24-19(28-16)22-17(23-24)15-2-1-5-26-15/h1-9H/b16-9+. The molecule has 0 bridgehead atoms. The molecule has 4 aromatic heterocycles. The van der Waals surface area contributed by atoms with Gasteiger partial charge < -0.3 is 8.83 Å². The van der Waals surface area contributed by atoms with Crippen LogP contribution in [0.25, 0.3) is 33.9 Å². The first-order chi connectivity index (χ1) is 13.6. The number of halogens is 2. The normalized spacial score (nSPS) is 12.3. The van der Waals surface area contributed by atoms with Crippen molar-refractivity contribution in [3.05, 3.63) is 79.4 Å². The first-order valence-electron chi connectivity index (χ1n) is 8.08. The zero-order valence-electron chi connectivity index (χ0n) is 13.9. The van der Waals surface area contributed by atoms with Crippen LogP contribution in [0.4, 0.5) is 0 Å². The molecule has 0 saturated heterocycles. The Kier molecular flexibility index (Phi) is 4.08. The van der Waals surface area contributed by atoms with E-state index in [4.69, 9.17) is 32.0 Å². The summed E-state index contributed by atoms with van der Waals surface area (Å²) in [6.07, 6.45) is 3.19. The van der Waals surface area contributed by atoms with E-state index in [-0.39, 0.29) is 5.56 Å². The van der Waals surface area contributed by atoms with E-state index in [9.17, 15) is 4.79 Å². The Balaban J connectivity index is 1.54. The largest absolute Gasteiger partial charge is 0.461 e. The fourth-order valence-corrected chi connectivity index (χ4v) is 4.17. The van der Waals surface area contributed by atoms with Gasteiger partial charge in [-0.3, -0.25) is 4.79 Å². The van der Waals surface area contributed by atoms with Gasteiger partial charge in [0.05, 0.1) is 6.26 Å². The molecule has 28 heavy (non-hydrogen) atoms. The second-order valence-electron chi connectivity index (χ2n) is 5.88. The molecule has 0 atom stereocenters. The maximum Gasteiger partial charge on any atom is 0.291 e. The highest BCUT2D eigenvalue weighted by atomic mass is 35.5. The Morgan fingerprint density at radius 3 is 2.61 bits per heavy atom. The molecule has 138 valence electrons. The third-order valence-electron chi connectivity index (χ3n) is 3.97. The van der Waals surface area contributed by atoms with Crippen molar-refractivity contribution >= 4 is 45.6 Å². The van der Waals surface area contributed by atoms with E-state index in [2.05, 4.69) is 10.1 Å². The minimum absolute atomic E-state index is 0.269. The van der Waals surface area contributed by atoms with Crippen LogP contribution in [-0.2, 0) is 0 Å². The summed E-state index contributed by atoms with van der Waals surface area (Å²) in [5.74, 6) is 2.01. The van der Waals surface area contributed by atoms with Gasteiger partial charge in [-0.25, -0.2) is 0 Å². The van der Waals surface area contributed by atoms with Gasteiger partial charge in [0.25, 0.3) is 5.56 Å². The third-order valence-corrected chi connectivity index (χ3v) is 5.37. The molecule has 0 radical (unpaired) electrons. The second kappa shape index (κ2) is 6.63. The van der Waals surface area contributed by atoms with Crippen LogP contribution in [0.3, 0.4) is 0 Å². The first-order valence-corrected chi connectivity index (χ1v) is 9.65. The molecule has 0 aliphatic carbocycles. The number of hydrogen-bond acceptors (Lipinski definition) is 6. The SMILES string of the molecule is O=c1/c(=C\c2ccc(-c3cc(Cl)cc(Cl)c3)o2)sc2nc(-c3ccco3)nn12. The maximum atomic E-state index is 12.6. The summed E-state index contributed by atoms with van der Waals surface area (Å²) in [5, 5.41) is 5.25. The first kappa shape index (κ1) is 17.2. The van der Waals surface area contributed by atoms with Crippen molar-refractivity contribution in [1.29, 1.82) is 0 Å². The number of hydrogen-bond donors (Lipinski definition) is 0. The number of aromatic nitrogens is 3. The molecule has 9 heteroatoms. The van der Waals surface area contributed by atoms with E-state index in [1.54, 1.807) is 48.5 Å². The Morgan fingerprint density at radius 1 is 1.07 bits per heavy atom.